The first kappa shape index (κ1) is 34.7. The van der Waals surface area contributed by atoms with Gasteiger partial charge >= 0.3 is 0 Å². The van der Waals surface area contributed by atoms with Crippen LogP contribution in [-0.4, -0.2) is 5.78 Å². The van der Waals surface area contributed by atoms with E-state index in [1.54, 1.807) is 0 Å². The van der Waals surface area contributed by atoms with Crippen molar-refractivity contribution in [1.82, 2.24) is 0 Å². The fourth-order valence-electron chi connectivity index (χ4n) is 5.34. The first-order valence-electron chi connectivity index (χ1n) is 16.8. The van der Waals surface area contributed by atoms with E-state index in [1.807, 2.05) is 0 Å². The van der Waals surface area contributed by atoms with Crippen molar-refractivity contribution in [3.05, 3.63) is 0 Å². The normalized spacial score (nSPS) is 11.4. The maximum absolute atomic E-state index is 12.0. The molecule has 0 aromatic rings. The molecule has 0 amide bonds. The van der Waals surface area contributed by atoms with E-state index in [4.69, 9.17) is 0 Å². The SMILES string of the molecule is CCCCCCCCCCCCCCCCCCCCCCCCC(=O)CCCCCCCCC. The van der Waals surface area contributed by atoms with Gasteiger partial charge < -0.3 is 0 Å². The van der Waals surface area contributed by atoms with Crippen LogP contribution in [0.5, 0.6) is 0 Å². The number of hydrogen-bond acceptors (Lipinski definition) is 1. The number of carbonyl (C=O) groups excluding carboxylic acids is 1. The molecule has 0 unspecified atom stereocenters. The lowest BCUT2D eigenvalue weighted by molar-refractivity contribution is -0.119. The molecule has 0 saturated carbocycles. The zero-order chi connectivity index (χ0) is 25.5. The predicted octanol–water partition coefficient (Wildman–Crippen LogP) is 12.7. The molecule has 0 fully saturated rings. The van der Waals surface area contributed by atoms with Gasteiger partial charge in [-0.2, -0.15) is 0 Å². The van der Waals surface area contributed by atoms with Gasteiger partial charge in [0.25, 0.3) is 0 Å². The van der Waals surface area contributed by atoms with Crippen LogP contribution in [0, 0.1) is 0 Å². The lowest BCUT2D eigenvalue weighted by Crippen LogP contribution is -1.97. The Labute approximate surface area is 223 Å². The van der Waals surface area contributed by atoms with E-state index in [-0.39, 0.29) is 0 Å². The van der Waals surface area contributed by atoms with E-state index in [2.05, 4.69) is 13.8 Å². The molecule has 1 heteroatoms. The van der Waals surface area contributed by atoms with Crippen molar-refractivity contribution >= 4 is 5.78 Å². The summed E-state index contributed by atoms with van der Waals surface area (Å²) in [5, 5.41) is 0. The summed E-state index contributed by atoms with van der Waals surface area (Å²) in [6, 6.07) is 0. The van der Waals surface area contributed by atoms with Crippen LogP contribution < -0.4 is 0 Å². The van der Waals surface area contributed by atoms with Crippen molar-refractivity contribution in [1.29, 1.82) is 0 Å². The molecular weight excluding hydrogens is 424 g/mol. The zero-order valence-corrected chi connectivity index (χ0v) is 24.8. The van der Waals surface area contributed by atoms with Gasteiger partial charge in [0, 0.05) is 12.8 Å². The van der Waals surface area contributed by atoms with Crippen LogP contribution in [0.2, 0.25) is 0 Å². The minimum absolute atomic E-state index is 0.520. The largest absolute Gasteiger partial charge is 0.300 e. The molecule has 0 aromatic heterocycles. The van der Waals surface area contributed by atoms with E-state index < -0.39 is 0 Å². The van der Waals surface area contributed by atoms with E-state index >= 15 is 0 Å². The quantitative estimate of drug-likeness (QED) is 0.0879. The van der Waals surface area contributed by atoms with Gasteiger partial charge in [-0.25, -0.2) is 0 Å². The third-order valence-electron chi connectivity index (χ3n) is 7.87. The van der Waals surface area contributed by atoms with Crippen molar-refractivity contribution in [3.63, 3.8) is 0 Å². The van der Waals surface area contributed by atoms with Crippen LogP contribution in [0.25, 0.3) is 0 Å². The molecule has 0 aliphatic heterocycles. The summed E-state index contributed by atoms with van der Waals surface area (Å²) >= 11 is 0. The minimum atomic E-state index is 0.520. The van der Waals surface area contributed by atoms with Gasteiger partial charge in [-0.1, -0.05) is 187 Å². The van der Waals surface area contributed by atoms with Gasteiger partial charge in [-0.15, -0.1) is 0 Å². The second-order valence-electron chi connectivity index (χ2n) is 11.6. The molecule has 0 bridgehead atoms. The molecule has 0 spiro atoms. The highest BCUT2D eigenvalue weighted by Gasteiger charge is 2.02. The zero-order valence-electron chi connectivity index (χ0n) is 24.8. The molecule has 0 N–H and O–H groups in total. The van der Waals surface area contributed by atoms with E-state index in [0.29, 0.717) is 5.78 Å². The highest BCUT2D eigenvalue weighted by Crippen LogP contribution is 2.16. The Morgan fingerprint density at radius 2 is 0.457 bits per heavy atom. The number of hydrogen-bond donors (Lipinski definition) is 0. The highest BCUT2D eigenvalue weighted by molar-refractivity contribution is 5.78. The lowest BCUT2D eigenvalue weighted by Gasteiger charge is -2.04. The minimum Gasteiger partial charge on any atom is -0.300 e. The van der Waals surface area contributed by atoms with Gasteiger partial charge in [-0.05, 0) is 12.8 Å². The summed E-state index contributed by atoms with van der Waals surface area (Å²) in [5.41, 5.74) is 0. The number of rotatable bonds is 31. The second-order valence-corrected chi connectivity index (χ2v) is 11.6. The predicted molar refractivity (Wildman–Crippen MR) is 159 cm³/mol. The Bertz CT molecular complexity index is 388. The Morgan fingerprint density at radius 3 is 0.657 bits per heavy atom. The Kier molecular flexibility index (Phi) is 31.4. The first-order valence-corrected chi connectivity index (χ1v) is 16.8. The molecule has 0 heterocycles. The van der Waals surface area contributed by atoms with E-state index in [1.165, 1.54) is 173 Å². The van der Waals surface area contributed by atoms with E-state index in [9.17, 15) is 4.79 Å². The first-order chi connectivity index (χ1) is 17.3. The van der Waals surface area contributed by atoms with Crippen molar-refractivity contribution in [2.75, 3.05) is 0 Å². The lowest BCUT2D eigenvalue weighted by atomic mass is 10.0. The van der Waals surface area contributed by atoms with E-state index in [0.717, 1.165) is 25.7 Å². The fourth-order valence-corrected chi connectivity index (χ4v) is 5.34. The summed E-state index contributed by atoms with van der Waals surface area (Å²) < 4.78 is 0. The van der Waals surface area contributed by atoms with Gasteiger partial charge in [-0.3, -0.25) is 4.79 Å². The molecule has 0 aromatic carbocycles. The molecule has 0 radical (unpaired) electrons. The second kappa shape index (κ2) is 31.7. The molecule has 0 aliphatic carbocycles. The van der Waals surface area contributed by atoms with Gasteiger partial charge in [0.1, 0.15) is 5.78 Å². The van der Waals surface area contributed by atoms with Crippen LogP contribution >= 0.6 is 0 Å². The van der Waals surface area contributed by atoms with Crippen LogP contribution in [0.3, 0.4) is 0 Å². The van der Waals surface area contributed by atoms with Crippen LogP contribution in [-0.2, 0) is 4.79 Å². The monoisotopic (exact) mass is 493 g/mol. The van der Waals surface area contributed by atoms with Crippen molar-refractivity contribution in [2.24, 2.45) is 0 Å². The molecule has 1 nitrogen and oxygen atoms in total. The van der Waals surface area contributed by atoms with Crippen molar-refractivity contribution in [3.8, 4) is 0 Å². The Hall–Kier alpha value is -0.330. The average Bonchev–Trinajstić information content (AvgIpc) is 2.86. The van der Waals surface area contributed by atoms with Gasteiger partial charge in [0.05, 0.1) is 0 Å². The molecule has 210 valence electrons. The Balaban J connectivity index is 3.10. The van der Waals surface area contributed by atoms with Crippen LogP contribution in [0.15, 0.2) is 0 Å². The maximum atomic E-state index is 12.0. The molecule has 0 rings (SSSR count). The number of carbonyl (C=O) groups is 1. The van der Waals surface area contributed by atoms with Gasteiger partial charge in [0.15, 0.2) is 0 Å². The number of unbranched alkanes of at least 4 members (excludes halogenated alkanes) is 27. The third-order valence-corrected chi connectivity index (χ3v) is 7.87. The standard InChI is InChI=1S/C34H68O/c1-3-5-7-9-11-12-13-14-15-16-17-18-19-20-21-22-23-24-25-27-29-31-33-34(35)32-30-28-26-10-8-6-4-2/h3-33H2,1-2H3. The number of ketones is 1. The van der Waals surface area contributed by atoms with Crippen molar-refractivity contribution in [2.45, 2.75) is 213 Å². The molecule has 0 aliphatic rings. The molecule has 35 heavy (non-hydrogen) atoms. The smallest absolute Gasteiger partial charge is 0.132 e. The molecular formula is C34H68O. The third kappa shape index (κ3) is 31.6. The maximum Gasteiger partial charge on any atom is 0.132 e. The van der Waals surface area contributed by atoms with Crippen LogP contribution in [0.4, 0.5) is 0 Å². The molecule has 0 atom stereocenters. The summed E-state index contributed by atoms with van der Waals surface area (Å²) in [7, 11) is 0. The summed E-state index contributed by atoms with van der Waals surface area (Å²) in [5.74, 6) is 0.520. The molecule has 0 saturated heterocycles. The van der Waals surface area contributed by atoms with Crippen molar-refractivity contribution < 1.29 is 4.79 Å². The Morgan fingerprint density at radius 1 is 0.286 bits per heavy atom. The van der Waals surface area contributed by atoms with Gasteiger partial charge in [0.2, 0.25) is 0 Å². The summed E-state index contributed by atoms with van der Waals surface area (Å²) in [6.07, 6.45) is 42.1. The topological polar surface area (TPSA) is 17.1 Å². The highest BCUT2D eigenvalue weighted by atomic mass is 16.1. The fraction of sp³-hybridized carbons (Fsp3) is 0.971. The van der Waals surface area contributed by atoms with Crippen LogP contribution in [0.1, 0.15) is 213 Å². The number of Topliss-reactive ketones (excluding diaryl/α,β-unsaturated/α-hetero) is 1. The summed E-state index contributed by atoms with van der Waals surface area (Å²) in [4.78, 5) is 12.0. The summed E-state index contributed by atoms with van der Waals surface area (Å²) in [6.45, 7) is 4.56. The average molecular weight is 493 g/mol.